The SMILES string of the molecule is COc1ccc(C2CCCCC2)c2c1CC(N)=N2. The number of fused-ring (bicyclic) bond motifs is 1. The smallest absolute Gasteiger partial charge is 0.124 e. The highest BCUT2D eigenvalue weighted by Gasteiger charge is 2.25. The fourth-order valence-corrected chi connectivity index (χ4v) is 3.24. The van der Waals surface area contributed by atoms with Crippen LogP contribution < -0.4 is 10.5 Å². The standard InChI is InChI=1S/C15H20N2O/c1-18-13-8-7-11(10-5-3-2-4-6-10)15-12(13)9-14(16)17-15/h7-8,10H,2-6,9H2,1H3,(H2,16,17). The van der Waals surface area contributed by atoms with Crippen molar-refractivity contribution in [3.05, 3.63) is 23.3 Å². The molecule has 1 fully saturated rings. The summed E-state index contributed by atoms with van der Waals surface area (Å²) in [6.07, 6.45) is 7.36. The maximum absolute atomic E-state index is 5.90. The van der Waals surface area contributed by atoms with Crippen LogP contribution in [0.1, 0.15) is 49.1 Å². The molecule has 1 saturated carbocycles. The fourth-order valence-electron chi connectivity index (χ4n) is 3.24. The molecular weight excluding hydrogens is 224 g/mol. The Morgan fingerprint density at radius 2 is 2.00 bits per heavy atom. The first-order valence-corrected chi connectivity index (χ1v) is 6.82. The number of ether oxygens (including phenoxy) is 1. The molecule has 96 valence electrons. The van der Waals surface area contributed by atoms with Gasteiger partial charge in [0.1, 0.15) is 11.6 Å². The largest absolute Gasteiger partial charge is 0.496 e. The Balaban J connectivity index is 2.02. The molecule has 1 heterocycles. The van der Waals surface area contributed by atoms with Crippen molar-refractivity contribution in [1.82, 2.24) is 0 Å². The molecule has 2 aliphatic rings. The molecule has 1 aliphatic heterocycles. The van der Waals surface area contributed by atoms with Gasteiger partial charge in [-0.05, 0) is 30.4 Å². The first kappa shape index (κ1) is 11.6. The van der Waals surface area contributed by atoms with Crippen LogP contribution in [-0.4, -0.2) is 12.9 Å². The Morgan fingerprint density at radius 3 is 2.72 bits per heavy atom. The number of aliphatic imine (C=N–C) groups is 1. The molecule has 0 atom stereocenters. The van der Waals surface area contributed by atoms with Gasteiger partial charge in [0.2, 0.25) is 0 Å². The molecule has 3 nitrogen and oxygen atoms in total. The summed E-state index contributed by atoms with van der Waals surface area (Å²) >= 11 is 0. The van der Waals surface area contributed by atoms with Crippen LogP contribution in [-0.2, 0) is 6.42 Å². The van der Waals surface area contributed by atoms with Gasteiger partial charge in [-0.25, -0.2) is 4.99 Å². The van der Waals surface area contributed by atoms with Gasteiger partial charge in [-0.3, -0.25) is 0 Å². The maximum Gasteiger partial charge on any atom is 0.124 e. The van der Waals surface area contributed by atoms with Crippen molar-refractivity contribution >= 4 is 11.5 Å². The van der Waals surface area contributed by atoms with Crippen molar-refractivity contribution in [1.29, 1.82) is 0 Å². The summed E-state index contributed by atoms with van der Waals surface area (Å²) in [7, 11) is 1.71. The average Bonchev–Trinajstić information content (AvgIpc) is 2.80. The van der Waals surface area contributed by atoms with Crippen molar-refractivity contribution in [2.75, 3.05) is 7.11 Å². The Bertz CT molecular complexity index is 488. The van der Waals surface area contributed by atoms with Crippen molar-refractivity contribution in [3.63, 3.8) is 0 Å². The van der Waals surface area contributed by atoms with Gasteiger partial charge >= 0.3 is 0 Å². The summed E-state index contributed by atoms with van der Waals surface area (Å²) < 4.78 is 5.42. The summed E-state index contributed by atoms with van der Waals surface area (Å²) in [5, 5.41) is 0. The van der Waals surface area contributed by atoms with Crippen molar-refractivity contribution < 1.29 is 4.74 Å². The average molecular weight is 244 g/mol. The van der Waals surface area contributed by atoms with E-state index in [4.69, 9.17) is 10.5 Å². The van der Waals surface area contributed by atoms with E-state index in [0.717, 1.165) is 17.9 Å². The van der Waals surface area contributed by atoms with E-state index >= 15 is 0 Å². The van der Waals surface area contributed by atoms with E-state index in [1.807, 2.05) is 0 Å². The van der Waals surface area contributed by atoms with Gasteiger partial charge in [-0.1, -0.05) is 25.3 Å². The Kier molecular flexibility index (Phi) is 2.98. The Labute approximate surface area is 108 Å². The molecule has 0 saturated heterocycles. The van der Waals surface area contributed by atoms with Crippen LogP contribution in [0, 0.1) is 0 Å². The third-order valence-electron chi connectivity index (χ3n) is 4.15. The van der Waals surface area contributed by atoms with Crippen LogP contribution in [0.5, 0.6) is 5.75 Å². The molecule has 0 bridgehead atoms. The first-order valence-electron chi connectivity index (χ1n) is 6.82. The highest BCUT2D eigenvalue weighted by molar-refractivity contribution is 5.93. The fraction of sp³-hybridized carbons (Fsp3) is 0.533. The number of nitrogens with zero attached hydrogens (tertiary/aromatic N) is 1. The molecular formula is C15H20N2O. The normalized spacial score (nSPS) is 19.5. The number of benzene rings is 1. The lowest BCUT2D eigenvalue weighted by Crippen LogP contribution is -2.10. The van der Waals surface area contributed by atoms with Crippen LogP contribution in [0.25, 0.3) is 0 Å². The lowest BCUT2D eigenvalue weighted by Gasteiger charge is -2.23. The topological polar surface area (TPSA) is 47.6 Å². The summed E-state index contributed by atoms with van der Waals surface area (Å²) in [5.74, 6) is 2.30. The molecule has 1 aromatic carbocycles. The van der Waals surface area contributed by atoms with E-state index in [1.54, 1.807) is 7.11 Å². The molecule has 18 heavy (non-hydrogen) atoms. The van der Waals surface area contributed by atoms with E-state index in [0.29, 0.717) is 11.8 Å². The second-order valence-corrected chi connectivity index (χ2v) is 5.30. The minimum atomic E-state index is 0.660. The highest BCUT2D eigenvalue weighted by Crippen LogP contribution is 2.44. The molecule has 0 amide bonds. The molecule has 0 spiro atoms. The van der Waals surface area contributed by atoms with Gasteiger partial charge in [-0.2, -0.15) is 0 Å². The van der Waals surface area contributed by atoms with Gasteiger partial charge in [0, 0.05) is 12.0 Å². The summed E-state index contributed by atoms with van der Waals surface area (Å²) in [4.78, 5) is 4.55. The maximum atomic E-state index is 5.90. The van der Waals surface area contributed by atoms with Gasteiger partial charge in [0.25, 0.3) is 0 Å². The predicted octanol–water partition coefficient (Wildman–Crippen LogP) is 3.29. The van der Waals surface area contributed by atoms with E-state index in [9.17, 15) is 0 Å². The summed E-state index contributed by atoms with van der Waals surface area (Å²) in [6.45, 7) is 0. The minimum absolute atomic E-state index is 0.660. The number of hydrogen-bond acceptors (Lipinski definition) is 3. The molecule has 1 aromatic rings. The van der Waals surface area contributed by atoms with E-state index in [-0.39, 0.29) is 0 Å². The quantitative estimate of drug-likeness (QED) is 0.867. The lowest BCUT2D eigenvalue weighted by molar-refractivity contribution is 0.410. The Hall–Kier alpha value is -1.51. The Morgan fingerprint density at radius 1 is 1.22 bits per heavy atom. The zero-order chi connectivity index (χ0) is 12.5. The first-order chi connectivity index (χ1) is 8.79. The lowest BCUT2D eigenvalue weighted by atomic mass is 9.82. The van der Waals surface area contributed by atoms with Gasteiger partial charge in [0.15, 0.2) is 0 Å². The second-order valence-electron chi connectivity index (χ2n) is 5.30. The number of hydrogen-bond donors (Lipinski definition) is 1. The minimum Gasteiger partial charge on any atom is -0.496 e. The molecule has 3 rings (SSSR count). The van der Waals surface area contributed by atoms with Gasteiger partial charge in [-0.15, -0.1) is 0 Å². The number of nitrogens with two attached hydrogens (primary N) is 1. The third kappa shape index (κ3) is 1.88. The molecule has 0 aromatic heterocycles. The molecule has 2 N–H and O–H groups in total. The molecule has 0 unspecified atom stereocenters. The molecule has 0 radical (unpaired) electrons. The van der Waals surface area contributed by atoms with E-state index < -0.39 is 0 Å². The number of amidine groups is 1. The zero-order valence-electron chi connectivity index (χ0n) is 10.9. The second kappa shape index (κ2) is 4.63. The van der Waals surface area contributed by atoms with E-state index in [2.05, 4.69) is 17.1 Å². The van der Waals surface area contributed by atoms with Crippen LogP contribution in [0.4, 0.5) is 5.69 Å². The number of rotatable bonds is 2. The molecule has 1 aliphatic carbocycles. The monoisotopic (exact) mass is 244 g/mol. The highest BCUT2D eigenvalue weighted by atomic mass is 16.5. The van der Waals surface area contributed by atoms with Crippen LogP contribution in [0.2, 0.25) is 0 Å². The van der Waals surface area contributed by atoms with E-state index in [1.165, 1.54) is 43.2 Å². The van der Waals surface area contributed by atoms with Crippen molar-refractivity contribution in [2.45, 2.75) is 44.4 Å². The van der Waals surface area contributed by atoms with Crippen LogP contribution in [0.15, 0.2) is 17.1 Å². The summed E-state index contributed by atoms with van der Waals surface area (Å²) in [5.41, 5.74) is 9.56. The van der Waals surface area contributed by atoms with Gasteiger partial charge in [0.05, 0.1) is 12.8 Å². The van der Waals surface area contributed by atoms with Crippen molar-refractivity contribution in [2.24, 2.45) is 10.7 Å². The predicted molar refractivity (Wildman–Crippen MR) is 73.8 cm³/mol. The zero-order valence-corrected chi connectivity index (χ0v) is 10.9. The van der Waals surface area contributed by atoms with Crippen LogP contribution in [0.3, 0.4) is 0 Å². The number of methoxy groups -OCH3 is 1. The van der Waals surface area contributed by atoms with Gasteiger partial charge < -0.3 is 10.5 Å². The van der Waals surface area contributed by atoms with Crippen LogP contribution >= 0.6 is 0 Å². The summed E-state index contributed by atoms with van der Waals surface area (Å²) in [6, 6.07) is 4.27. The third-order valence-corrected chi connectivity index (χ3v) is 4.15. The van der Waals surface area contributed by atoms with Crippen molar-refractivity contribution in [3.8, 4) is 5.75 Å². The molecule has 3 heteroatoms.